The van der Waals surface area contributed by atoms with E-state index in [4.69, 9.17) is 15.5 Å². The molecule has 0 spiro atoms. The van der Waals surface area contributed by atoms with Gasteiger partial charge in [-0.05, 0) is 105 Å². The Balaban J connectivity index is 1.30. The first-order valence-corrected chi connectivity index (χ1v) is 13.6. The predicted molar refractivity (Wildman–Crippen MR) is 152 cm³/mol. The lowest BCUT2D eigenvalue weighted by atomic mass is 9.92. The number of anilines is 2. The van der Waals surface area contributed by atoms with Gasteiger partial charge in [-0.1, -0.05) is 41.6 Å². The molecule has 0 amide bonds. The van der Waals surface area contributed by atoms with Gasteiger partial charge in [-0.3, -0.25) is 0 Å². The van der Waals surface area contributed by atoms with Gasteiger partial charge in [-0.2, -0.15) is 0 Å². The minimum absolute atomic E-state index is 0.627. The number of rotatable bonds is 7. The van der Waals surface area contributed by atoms with E-state index in [1.54, 1.807) is 11.8 Å². The third-order valence-electron chi connectivity index (χ3n) is 7.03. The Morgan fingerprint density at radius 1 is 0.944 bits per heavy atom. The molecule has 2 heterocycles. The Morgan fingerprint density at radius 2 is 1.69 bits per heavy atom. The molecule has 0 atom stereocenters. The number of hydrogen-bond donors (Lipinski definition) is 2. The van der Waals surface area contributed by atoms with Gasteiger partial charge in [-0.25, -0.2) is 4.98 Å². The summed E-state index contributed by atoms with van der Waals surface area (Å²) >= 11 is 1.79. The van der Waals surface area contributed by atoms with Crippen molar-refractivity contribution in [3.05, 3.63) is 88.5 Å². The number of ether oxygens (including phenoxy) is 1. The zero-order valence-corrected chi connectivity index (χ0v) is 22.3. The van der Waals surface area contributed by atoms with Crippen LogP contribution in [-0.2, 0) is 17.7 Å². The molecule has 0 bridgehead atoms. The fraction of sp³-hybridized carbons (Fsp3) is 0.323. The molecule has 3 aromatic carbocycles. The maximum Gasteiger partial charge on any atom is 0.127 e. The molecule has 1 aliphatic heterocycles. The molecular formula is C31H35N3OS. The number of benzene rings is 3. The summed E-state index contributed by atoms with van der Waals surface area (Å²) in [5.41, 5.74) is 14.8. The van der Waals surface area contributed by atoms with E-state index in [1.807, 2.05) is 0 Å². The van der Waals surface area contributed by atoms with Crippen LogP contribution >= 0.6 is 11.8 Å². The Labute approximate surface area is 218 Å². The van der Waals surface area contributed by atoms with E-state index < -0.39 is 0 Å². The van der Waals surface area contributed by atoms with Gasteiger partial charge in [0.1, 0.15) is 5.82 Å². The Morgan fingerprint density at radius 3 is 2.47 bits per heavy atom. The molecule has 0 saturated carbocycles. The molecule has 1 aliphatic rings. The van der Waals surface area contributed by atoms with Crippen LogP contribution in [0.25, 0.3) is 10.9 Å². The van der Waals surface area contributed by atoms with Crippen molar-refractivity contribution >= 4 is 34.2 Å². The zero-order valence-electron chi connectivity index (χ0n) is 21.4. The molecule has 0 aliphatic carbocycles. The van der Waals surface area contributed by atoms with Crippen molar-refractivity contribution in [3.63, 3.8) is 0 Å². The third-order valence-corrected chi connectivity index (χ3v) is 8.01. The molecule has 0 unspecified atom stereocenters. The Bertz CT molecular complexity index is 1350. The summed E-state index contributed by atoms with van der Waals surface area (Å²) in [6.45, 7) is 9.00. The first-order valence-electron chi connectivity index (χ1n) is 12.8. The number of nitrogens with zero attached hydrogens (tertiary/aromatic N) is 1. The molecule has 5 heteroatoms. The van der Waals surface area contributed by atoms with Crippen LogP contribution in [0.4, 0.5) is 11.5 Å². The highest BCUT2D eigenvalue weighted by Gasteiger charge is 2.16. The van der Waals surface area contributed by atoms with Crippen molar-refractivity contribution in [2.45, 2.75) is 56.4 Å². The molecule has 36 heavy (non-hydrogen) atoms. The topological polar surface area (TPSA) is 60.2 Å². The van der Waals surface area contributed by atoms with Crippen molar-refractivity contribution < 1.29 is 4.74 Å². The van der Waals surface area contributed by atoms with E-state index in [1.165, 1.54) is 37.7 Å². The van der Waals surface area contributed by atoms with Crippen LogP contribution in [0.5, 0.6) is 0 Å². The van der Waals surface area contributed by atoms with Gasteiger partial charge in [0.15, 0.2) is 0 Å². The molecule has 4 nitrogen and oxygen atoms in total. The van der Waals surface area contributed by atoms with Crippen LogP contribution in [0.2, 0.25) is 0 Å². The second-order valence-electron chi connectivity index (χ2n) is 10.0. The van der Waals surface area contributed by atoms with E-state index in [0.717, 1.165) is 55.5 Å². The third kappa shape index (κ3) is 5.85. The second-order valence-corrected chi connectivity index (χ2v) is 11.2. The van der Waals surface area contributed by atoms with E-state index >= 15 is 0 Å². The summed E-state index contributed by atoms with van der Waals surface area (Å²) in [7, 11) is 0. The van der Waals surface area contributed by atoms with Crippen molar-refractivity contribution in [2.75, 3.05) is 24.3 Å². The molecule has 5 rings (SSSR count). The van der Waals surface area contributed by atoms with E-state index in [2.05, 4.69) is 86.8 Å². The fourth-order valence-electron chi connectivity index (χ4n) is 5.21. The summed E-state index contributed by atoms with van der Waals surface area (Å²) < 4.78 is 5.52. The number of hydrogen-bond acceptors (Lipinski definition) is 5. The number of aryl methyl sites for hydroxylation is 3. The van der Waals surface area contributed by atoms with Gasteiger partial charge in [0.2, 0.25) is 0 Å². The smallest absolute Gasteiger partial charge is 0.127 e. The van der Waals surface area contributed by atoms with Gasteiger partial charge in [0.05, 0.1) is 5.52 Å². The number of pyridine rings is 1. The van der Waals surface area contributed by atoms with E-state index in [0.29, 0.717) is 11.7 Å². The largest absolute Gasteiger partial charge is 0.383 e. The zero-order chi connectivity index (χ0) is 25.1. The van der Waals surface area contributed by atoms with Gasteiger partial charge < -0.3 is 15.8 Å². The molecule has 1 aromatic heterocycles. The summed E-state index contributed by atoms with van der Waals surface area (Å²) in [5.74, 6) is 1.29. The maximum atomic E-state index is 6.33. The van der Waals surface area contributed by atoms with Crippen molar-refractivity contribution in [1.82, 2.24) is 4.98 Å². The summed E-state index contributed by atoms with van der Waals surface area (Å²) in [5, 5.41) is 4.80. The second kappa shape index (κ2) is 10.9. The minimum Gasteiger partial charge on any atom is -0.383 e. The SMILES string of the molecule is Cc1cc(C)c(NCc2cccc(Sc3ccc4nc(N)c(CC5CCOCC5)cc4c3)c2)c(C)c1. The van der Waals surface area contributed by atoms with Crippen molar-refractivity contribution in [1.29, 1.82) is 0 Å². The first-order chi connectivity index (χ1) is 17.4. The van der Waals surface area contributed by atoms with E-state index in [9.17, 15) is 0 Å². The summed E-state index contributed by atoms with van der Waals surface area (Å²) in [4.78, 5) is 7.15. The van der Waals surface area contributed by atoms with Crippen molar-refractivity contribution in [2.24, 2.45) is 5.92 Å². The van der Waals surface area contributed by atoms with Gasteiger partial charge >= 0.3 is 0 Å². The molecule has 186 valence electrons. The summed E-state index contributed by atoms with van der Waals surface area (Å²) in [6.07, 6.45) is 3.17. The van der Waals surface area contributed by atoms with E-state index in [-0.39, 0.29) is 0 Å². The minimum atomic E-state index is 0.627. The number of nitrogens with two attached hydrogens (primary N) is 1. The lowest BCUT2D eigenvalue weighted by molar-refractivity contribution is 0.0666. The Kier molecular flexibility index (Phi) is 7.49. The van der Waals surface area contributed by atoms with Crippen LogP contribution in [0.3, 0.4) is 0 Å². The van der Waals surface area contributed by atoms with Gasteiger partial charge in [0, 0.05) is 40.6 Å². The average Bonchev–Trinajstić information content (AvgIpc) is 2.85. The normalized spacial score (nSPS) is 14.3. The number of nitrogen functional groups attached to an aromatic ring is 1. The van der Waals surface area contributed by atoms with Crippen LogP contribution in [0.15, 0.2) is 70.5 Å². The highest BCUT2D eigenvalue weighted by Crippen LogP contribution is 2.32. The number of fused-ring (bicyclic) bond motifs is 1. The fourth-order valence-corrected chi connectivity index (χ4v) is 6.16. The highest BCUT2D eigenvalue weighted by molar-refractivity contribution is 7.99. The molecule has 1 saturated heterocycles. The van der Waals surface area contributed by atoms with Crippen LogP contribution in [-0.4, -0.2) is 18.2 Å². The lowest BCUT2D eigenvalue weighted by Gasteiger charge is -2.22. The predicted octanol–water partition coefficient (Wildman–Crippen LogP) is 7.47. The molecule has 4 aromatic rings. The molecule has 0 radical (unpaired) electrons. The van der Waals surface area contributed by atoms with Crippen molar-refractivity contribution in [3.8, 4) is 0 Å². The summed E-state index contributed by atoms with van der Waals surface area (Å²) in [6, 6.07) is 22.0. The lowest BCUT2D eigenvalue weighted by Crippen LogP contribution is -2.18. The first kappa shape index (κ1) is 24.7. The Hall–Kier alpha value is -3.02. The highest BCUT2D eigenvalue weighted by atomic mass is 32.2. The number of aromatic nitrogens is 1. The number of nitrogens with one attached hydrogen (secondary N) is 1. The molecule has 1 fully saturated rings. The maximum absolute atomic E-state index is 6.33. The quantitative estimate of drug-likeness (QED) is 0.277. The standard InChI is InChI=1S/C31H35N3OS/c1-20-13-21(2)30(22(3)14-20)33-19-24-5-4-6-27(16-24)36-28-7-8-29-25(18-28)17-26(31(32)34-29)15-23-9-11-35-12-10-23/h4-8,13-14,16-18,23,33H,9-12,15,19H2,1-3H3,(H2,32,34). The van der Waals surface area contributed by atoms with Crippen LogP contribution in [0.1, 0.15) is 40.7 Å². The average molecular weight is 498 g/mol. The van der Waals surface area contributed by atoms with Gasteiger partial charge in [-0.15, -0.1) is 0 Å². The molecule has 3 N–H and O–H groups in total. The van der Waals surface area contributed by atoms with Gasteiger partial charge in [0.25, 0.3) is 0 Å². The van der Waals surface area contributed by atoms with Crippen LogP contribution in [0, 0.1) is 26.7 Å². The molecular weight excluding hydrogens is 462 g/mol. The monoisotopic (exact) mass is 497 g/mol. The van der Waals surface area contributed by atoms with Crippen LogP contribution < -0.4 is 11.1 Å².